The highest BCUT2D eigenvalue weighted by Crippen LogP contribution is 2.23. The van der Waals surface area contributed by atoms with Crippen molar-refractivity contribution in [3.05, 3.63) is 96.2 Å². The molecular formula is C34H42N4O6S. The van der Waals surface area contributed by atoms with Crippen molar-refractivity contribution in [1.29, 1.82) is 0 Å². The second-order valence-corrected chi connectivity index (χ2v) is 13.7. The average molecular weight is 635 g/mol. The third-order valence-corrected chi connectivity index (χ3v) is 9.52. The highest BCUT2D eigenvalue weighted by atomic mass is 32.2. The minimum atomic E-state index is -3.75. The van der Waals surface area contributed by atoms with Crippen LogP contribution in [0.2, 0.25) is 0 Å². The van der Waals surface area contributed by atoms with Crippen LogP contribution in [0.1, 0.15) is 62.6 Å². The Bertz CT molecular complexity index is 1740. The molecule has 240 valence electrons. The molecule has 0 unspecified atom stereocenters. The summed E-state index contributed by atoms with van der Waals surface area (Å²) in [6.07, 6.45) is 2.47. The van der Waals surface area contributed by atoms with Crippen LogP contribution in [0, 0.1) is 5.92 Å². The maximum atomic E-state index is 12.8. The van der Waals surface area contributed by atoms with Crippen molar-refractivity contribution in [3.8, 4) is 0 Å². The summed E-state index contributed by atoms with van der Waals surface area (Å²) in [4.78, 5) is 24.6. The summed E-state index contributed by atoms with van der Waals surface area (Å²) in [6, 6.07) is 21.2. The molecule has 0 saturated heterocycles. The summed E-state index contributed by atoms with van der Waals surface area (Å²) < 4.78 is 30.1. The van der Waals surface area contributed by atoms with Crippen molar-refractivity contribution in [2.75, 3.05) is 11.3 Å². The molecule has 3 aromatic carbocycles. The number of fused-ring (bicyclic) bond motifs is 1. The lowest BCUT2D eigenvalue weighted by Crippen LogP contribution is -2.45. The number of aliphatic hydroxyl groups is 1. The molecule has 0 fully saturated rings. The number of carbonyl (C=O) groups is 2. The monoisotopic (exact) mass is 634 g/mol. The molecule has 11 heteroatoms. The number of sulfonamides is 1. The third-order valence-electron chi connectivity index (χ3n) is 8.13. The first-order valence-corrected chi connectivity index (χ1v) is 16.5. The number of nitrogens with zero attached hydrogens (tertiary/aromatic N) is 1. The van der Waals surface area contributed by atoms with Gasteiger partial charge in [-0.2, -0.15) is 0 Å². The highest BCUT2D eigenvalue weighted by Gasteiger charge is 2.26. The first-order chi connectivity index (χ1) is 21.3. The maximum Gasteiger partial charge on any atom is 0.326 e. The zero-order chi connectivity index (χ0) is 32.8. The second kappa shape index (κ2) is 14.3. The summed E-state index contributed by atoms with van der Waals surface area (Å²) in [5.41, 5.74) is 1.97. The van der Waals surface area contributed by atoms with Gasteiger partial charge in [0.2, 0.25) is 0 Å². The van der Waals surface area contributed by atoms with Gasteiger partial charge in [-0.15, -0.1) is 0 Å². The van der Waals surface area contributed by atoms with Crippen LogP contribution in [-0.4, -0.2) is 53.2 Å². The van der Waals surface area contributed by atoms with Gasteiger partial charge >= 0.3 is 5.97 Å². The van der Waals surface area contributed by atoms with Crippen molar-refractivity contribution >= 4 is 38.5 Å². The Hall–Kier alpha value is -4.19. The Labute approximate surface area is 264 Å². The molecule has 0 bridgehead atoms. The fourth-order valence-corrected chi connectivity index (χ4v) is 6.12. The van der Waals surface area contributed by atoms with Crippen LogP contribution < -0.4 is 15.4 Å². The van der Waals surface area contributed by atoms with Gasteiger partial charge in [-0.05, 0) is 80.3 Å². The standard InChI is InChI=1S/C34H42N4O6S/c1-5-23(2)31(33(41)42)36-32(40)26-14-15-29-24(20-26)16-18-38(29)19-17-34(3,4)35-22-30(39)25-10-9-11-27(21-25)37-45(43,44)28-12-7-6-8-13-28/h6-16,18,20-21,23,30-31,35,37,39H,5,17,19,22H2,1-4H3,(H,36,40)(H,41,42)/t23-,30-,31-/m0/s1. The van der Waals surface area contributed by atoms with Crippen LogP contribution in [0.15, 0.2) is 90.0 Å². The van der Waals surface area contributed by atoms with Gasteiger partial charge < -0.3 is 25.4 Å². The lowest BCUT2D eigenvalue weighted by atomic mass is 9.98. The number of aromatic nitrogens is 1. The van der Waals surface area contributed by atoms with Crippen LogP contribution in [0.3, 0.4) is 0 Å². The van der Waals surface area contributed by atoms with Gasteiger partial charge in [0, 0.05) is 47.0 Å². The molecule has 45 heavy (non-hydrogen) atoms. The van der Waals surface area contributed by atoms with Crippen LogP contribution in [0.5, 0.6) is 0 Å². The molecule has 1 aromatic heterocycles. The smallest absolute Gasteiger partial charge is 0.326 e. The normalized spacial score (nSPS) is 14.1. The summed E-state index contributed by atoms with van der Waals surface area (Å²) in [6.45, 7) is 8.74. The first-order valence-electron chi connectivity index (χ1n) is 15.0. The van der Waals surface area contributed by atoms with Gasteiger partial charge in [0.05, 0.1) is 11.0 Å². The molecule has 0 spiro atoms. The van der Waals surface area contributed by atoms with Gasteiger partial charge in [-0.3, -0.25) is 9.52 Å². The molecule has 0 radical (unpaired) electrons. The van der Waals surface area contributed by atoms with E-state index in [-0.39, 0.29) is 22.9 Å². The molecule has 0 aliphatic carbocycles. The second-order valence-electron chi connectivity index (χ2n) is 12.0. The number of carboxylic acid groups (broad SMARTS) is 1. The van der Waals surface area contributed by atoms with E-state index in [2.05, 4.69) is 33.8 Å². The number of β-amino-alcohol motifs (C(OH)–C–C–N with tert-alkyl or cyclic N) is 1. The maximum absolute atomic E-state index is 12.8. The molecular weight excluding hydrogens is 592 g/mol. The number of aliphatic hydroxyl groups excluding tert-OH is 1. The van der Waals surface area contributed by atoms with Crippen LogP contribution >= 0.6 is 0 Å². The van der Waals surface area contributed by atoms with Gasteiger partial charge in [0.1, 0.15) is 6.04 Å². The molecule has 10 nitrogen and oxygen atoms in total. The fraction of sp³-hybridized carbons (Fsp3) is 0.353. The van der Waals surface area contributed by atoms with E-state index in [9.17, 15) is 28.2 Å². The van der Waals surface area contributed by atoms with Crippen LogP contribution in [-0.2, 0) is 21.4 Å². The number of aryl methyl sites for hydroxylation is 1. The van der Waals surface area contributed by atoms with E-state index >= 15 is 0 Å². The van der Waals surface area contributed by atoms with Crippen LogP contribution in [0.25, 0.3) is 10.9 Å². The number of amides is 1. The Kier molecular flexibility index (Phi) is 10.7. The van der Waals surface area contributed by atoms with E-state index in [0.717, 1.165) is 17.3 Å². The first kappa shape index (κ1) is 33.7. The molecule has 1 amide bonds. The van der Waals surface area contributed by atoms with Gasteiger partial charge in [0.25, 0.3) is 15.9 Å². The molecule has 0 aliphatic rings. The predicted octanol–water partition coefficient (Wildman–Crippen LogP) is 5.16. The summed E-state index contributed by atoms with van der Waals surface area (Å²) >= 11 is 0. The van der Waals surface area contributed by atoms with Gasteiger partial charge in [-0.1, -0.05) is 50.6 Å². The van der Waals surface area contributed by atoms with E-state index in [4.69, 9.17) is 0 Å². The van der Waals surface area contributed by atoms with E-state index in [1.165, 1.54) is 12.1 Å². The SMILES string of the molecule is CC[C@H](C)[C@H](NC(=O)c1ccc2c(ccn2CCC(C)(C)NC[C@H](O)c2cccc(NS(=O)(=O)c3ccccc3)c2)c1)C(=O)O. The highest BCUT2D eigenvalue weighted by molar-refractivity contribution is 7.92. The third kappa shape index (κ3) is 8.72. The molecule has 5 N–H and O–H groups in total. The zero-order valence-electron chi connectivity index (χ0n) is 26.0. The number of hydrogen-bond acceptors (Lipinski definition) is 6. The largest absolute Gasteiger partial charge is 0.480 e. The number of nitrogens with one attached hydrogen (secondary N) is 3. The molecule has 4 rings (SSSR count). The summed E-state index contributed by atoms with van der Waals surface area (Å²) in [7, 11) is -3.75. The summed E-state index contributed by atoms with van der Waals surface area (Å²) in [5.74, 6) is -1.66. The van der Waals surface area contributed by atoms with E-state index in [0.29, 0.717) is 29.8 Å². The minimum Gasteiger partial charge on any atom is -0.480 e. The average Bonchev–Trinajstić information content (AvgIpc) is 3.43. The topological polar surface area (TPSA) is 150 Å². The number of carboxylic acids is 1. The predicted molar refractivity (Wildman–Crippen MR) is 176 cm³/mol. The lowest BCUT2D eigenvalue weighted by molar-refractivity contribution is -0.140. The fourth-order valence-electron chi connectivity index (χ4n) is 5.05. The zero-order valence-corrected chi connectivity index (χ0v) is 26.8. The van der Waals surface area contributed by atoms with E-state index in [1.54, 1.807) is 61.5 Å². The van der Waals surface area contributed by atoms with Gasteiger partial charge in [0.15, 0.2) is 0 Å². The molecule has 3 atom stereocenters. The molecule has 4 aromatic rings. The van der Waals surface area contributed by atoms with Crippen molar-refractivity contribution < 1.29 is 28.2 Å². The number of carbonyl (C=O) groups excluding carboxylic acids is 1. The Morgan fingerprint density at radius 3 is 2.40 bits per heavy atom. The van der Waals surface area contributed by atoms with Crippen molar-refractivity contribution in [2.45, 2.75) is 69.7 Å². The molecule has 0 saturated carbocycles. The lowest BCUT2D eigenvalue weighted by Gasteiger charge is -2.28. The van der Waals surface area contributed by atoms with Gasteiger partial charge in [-0.25, -0.2) is 13.2 Å². The molecule has 0 aliphatic heterocycles. The number of hydrogen-bond donors (Lipinski definition) is 5. The number of aliphatic carboxylic acids is 1. The van der Waals surface area contributed by atoms with E-state index in [1.807, 2.05) is 25.3 Å². The van der Waals surface area contributed by atoms with Crippen LogP contribution in [0.4, 0.5) is 5.69 Å². The minimum absolute atomic E-state index is 0.159. The Morgan fingerprint density at radius 2 is 1.71 bits per heavy atom. The Morgan fingerprint density at radius 1 is 0.978 bits per heavy atom. The van der Waals surface area contributed by atoms with E-state index < -0.39 is 34.0 Å². The number of benzene rings is 3. The summed E-state index contributed by atoms with van der Waals surface area (Å²) in [5, 5.41) is 27.4. The quantitative estimate of drug-likeness (QED) is 0.121. The van der Waals surface area contributed by atoms with Crippen molar-refractivity contribution in [3.63, 3.8) is 0 Å². The van der Waals surface area contributed by atoms with Crippen molar-refractivity contribution in [1.82, 2.24) is 15.2 Å². The number of rotatable bonds is 15. The van der Waals surface area contributed by atoms with Crippen molar-refractivity contribution in [2.24, 2.45) is 5.92 Å². The number of anilines is 1. The Balaban J connectivity index is 1.34. The molecule has 1 heterocycles.